The third-order valence-corrected chi connectivity index (χ3v) is 2.07. The fourth-order valence-corrected chi connectivity index (χ4v) is 1.20. The van der Waals surface area contributed by atoms with Crippen molar-refractivity contribution in [1.82, 2.24) is 5.32 Å². The first-order valence-electron chi connectivity index (χ1n) is 5.45. The van der Waals surface area contributed by atoms with Gasteiger partial charge in [0.15, 0.2) is 6.61 Å². The van der Waals surface area contributed by atoms with Crippen LogP contribution in [0.25, 0.3) is 0 Å². The quantitative estimate of drug-likeness (QED) is 0.717. The predicted octanol–water partition coefficient (Wildman–Crippen LogP) is 1.19. The van der Waals surface area contributed by atoms with E-state index in [4.69, 9.17) is 9.84 Å². The molecule has 0 bridgehead atoms. The summed E-state index contributed by atoms with van der Waals surface area (Å²) in [7, 11) is 0. The molecule has 0 heterocycles. The van der Waals surface area contributed by atoms with E-state index in [1.165, 1.54) is 24.3 Å². The summed E-state index contributed by atoms with van der Waals surface area (Å²) in [4.78, 5) is 21.5. The van der Waals surface area contributed by atoms with E-state index < -0.39 is 5.97 Å². The maximum Gasteiger partial charge on any atom is 0.303 e. The molecule has 0 atom stereocenters. The topological polar surface area (TPSA) is 75.6 Å². The number of halogens is 1. The van der Waals surface area contributed by atoms with E-state index in [0.29, 0.717) is 12.2 Å². The molecule has 1 amide bonds. The van der Waals surface area contributed by atoms with Gasteiger partial charge in [-0.2, -0.15) is 0 Å². The SMILES string of the molecule is O=C(O)CCCNC(=O)COc1ccc(F)cc1. The molecule has 5 nitrogen and oxygen atoms in total. The number of carbonyl (C=O) groups excluding carboxylic acids is 1. The Kier molecular flexibility index (Phi) is 5.63. The third kappa shape index (κ3) is 5.83. The normalized spacial score (nSPS) is 9.83. The molecule has 0 aliphatic carbocycles. The molecule has 18 heavy (non-hydrogen) atoms. The van der Waals surface area contributed by atoms with Gasteiger partial charge in [-0.1, -0.05) is 0 Å². The molecule has 0 radical (unpaired) electrons. The van der Waals surface area contributed by atoms with Crippen LogP contribution in [0, 0.1) is 5.82 Å². The highest BCUT2D eigenvalue weighted by Crippen LogP contribution is 2.10. The summed E-state index contributed by atoms with van der Waals surface area (Å²) in [5.41, 5.74) is 0. The zero-order valence-corrected chi connectivity index (χ0v) is 9.69. The second kappa shape index (κ2) is 7.26. The number of carboxylic acids is 1. The number of hydrogen-bond acceptors (Lipinski definition) is 3. The minimum atomic E-state index is -0.896. The van der Waals surface area contributed by atoms with E-state index in [9.17, 15) is 14.0 Å². The lowest BCUT2D eigenvalue weighted by Gasteiger charge is -2.06. The fourth-order valence-electron chi connectivity index (χ4n) is 1.20. The van der Waals surface area contributed by atoms with Crippen LogP contribution in [0.2, 0.25) is 0 Å². The van der Waals surface area contributed by atoms with Crippen LogP contribution in [0.3, 0.4) is 0 Å². The van der Waals surface area contributed by atoms with Crippen molar-refractivity contribution in [1.29, 1.82) is 0 Å². The zero-order chi connectivity index (χ0) is 13.4. The van der Waals surface area contributed by atoms with Gasteiger partial charge in [-0.25, -0.2) is 4.39 Å². The Bertz CT molecular complexity index is 405. The first-order chi connectivity index (χ1) is 8.58. The molecule has 98 valence electrons. The van der Waals surface area contributed by atoms with Crippen molar-refractivity contribution in [2.75, 3.05) is 13.2 Å². The molecule has 6 heteroatoms. The molecule has 1 aromatic carbocycles. The van der Waals surface area contributed by atoms with Crippen molar-refractivity contribution in [3.63, 3.8) is 0 Å². The van der Waals surface area contributed by atoms with Gasteiger partial charge in [0.2, 0.25) is 0 Å². The number of carboxylic acid groups (broad SMARTS) is 1. The van der Waals surface area contributed by atoms with Gasteiger partial charge in [0.25, 0.3) is 5.91 Å². The van der Waals surface area contributed by atoms with Crippen LogP contribution in [-0.2, 0) is 9.59 Å². The lowest BCUT2D eigenvalue weighted by molar-refractivity contribution is -0.137. The van der Waals surface area contributed by atoms with E-state index in [-0.39, 0.29) is 31.3 Å². The van der Waals surface area contributed by atoms with Gasteiger partial charge in [-0.3, -0.25) is 9.59 Å². The number of rotatable bonds is 7. The smallest absolute Gasteiger partial charge is 0.303 e. The molecule has 0 aliphatic heterocycles. The second-order valence-electron chi connectivity index (χ2n) is 3.59. The van der Waals surface area contributed by atoms with Crippen LogP contribution in [0.5, 0.6) is 5.75 Å². The van der Waals surface area contributed by atoms with Gasteiger partial charge < -0.3 is 15.2 Å². The predicted molar refractivity (Wildman–Crippen MR) is 61.8 cm³/mol. The van der Waals surface area contributed by atoms with Gasteiger partial charge in [0, 0.05) is 13.0 Å². The average Bonchev–Trinajstić information content (AvgIpc) is 2.34. The molecular weight excluding hydrogens is 241 g/mol. The highest BCUT2D eigenvalue weighted by molar-refractivity contribution is 5.77. The molecule has 0 aliphatic rings. The number of benzene rings is 1. The average molecular weight is 255 g/mol. The van der Waals surface area contributed by atoms with Crippen LogP contribution in [-0.4, -0.2) is 30.1 Å². The van der Waals surface area contributed by atoms with Crippen LogP contribution in [0.1, 0.15) is 12.8 Å². The molecular formula is C12H14FNO4. The fraction of sp³-hybridized carbons (Fsp3) is 0.333. The Morgan fingerprint density at radius 2 is 1.94 bits per heavy atom. The monoisotopic (exact) mass is 255 g/mol. The van der Waals surface area contributed by atoms with Crippen LogP contribution < -0.4 is 10.1 Å². The van der Waals surface area contributed by atoms with E-state index >= 15 is 0 Å². The standard InChI is InChI=1S/C12H14FNO4/c13-9-3-5-10(6-4-9)18-8-11(15)14-7-1-2-12(16)17/h3-6H,1-2,7-8H2,(H,14,15)(H,16,17). The summed E-state index contributed by atoms with van der Waals surface area (Å²) < 4.78 is 17.7. The Balaban J connectivity index is 2.17. The highest BCUT2D eigenvalue weighted by Gasteiger charge is 2.03. The van der Waals surface area contributed by atoms with E-state index in [1.807, 2.05) is 0 Å². The molecule has 0 aromatic heterocycles. The van der Waals surface area contributed by atoms with Gasteiger partial charge in [-0.15, -0.1) is 0 Å². The lowest BCUT2D eigenvalue weighted by atomic mass is 10.3. The first-order valence-corrected chi connectivity index (χ1v) is 5.45. The molecule has 1 rings (SSSR count). The van der Waals surface area contributed by atoms with Gasteiger partial charge >= 0.3 is 5.97 Å². The first kappa shape index (κ1) is 14.0. The Hall–Kier alpha value is -2.11. The highest BCUT2D eigenvalue weighted by atomic mass is 19.1. The molecule has 0 saturated carbocycles. The Labute approximate surface area is 104 Å². The van der Waals surface area contributed by atoms with Crippen molar-refractivity contribution in [3.8, 4) is 5.75 Å². The number of aliphatic carboxylic acids is 1. The molecule has 2 N–H and O–H groups in total. The lowest BCUT2D eigenvalue weighted by Crippen LogP contribution is -2.29. The molecule has 1 aromatic rings. The maximum absolute atomic E-state index is 12.6. The minimum absolute atomic E-state index is 0.0130. The van der Waals surface area contributed by atoms with E-state index in [1.54, 1.807) is 0 Å². The zero-order valence-electron chi connectivity index (χ0n) is 9.69. The minimum Gasteiger partial charge on any atom is -0.484 e. The van der Waals surface area contributed by atoms with Crippen molar-refractivity contribution in [2.45, 2.75) is 12.8 Å². The van der Waals surface area contributed by atoms with Crippen molar-refractivity contribution in [2.24, 2.45) is 0 Å². The van der Waals surface area contributed by atoms with Gasteiger partial charge in [-0.05, 0) is 30.7 Å². The van der Waals surface area contributed by atoms with Crippen LogP contribution in [0.4, 0.5) is 4.39 Å². The summed E-state index contributed by atoms with van der Waals surface area (Å²) in [6, 6.07) is 5.32. The van der Waals surface area contributed by atoms with Crippen molar-refractivity contribution >= 4 is 11.9 Å². The van der Waals surface area contributed by atoms with Crippen molar-refractivity contribution in [3.05, 3.63) is 30.1 Å². The molecule has 0 unspecified atom stereocenters. The van der Waals surface area contributed by atoms with Gasteiger partial charge in [0.1, 0.15) is 11.6 Å². The van der Waals surface area contributed by atoms with Gasteiger partial charge in [0.05, 0.1) is 0 Å². The third-order valence-electron chi connectivity index (χ3n) is 2.07. The number of hydrogen-bond donors (Lipinski definition) is 2. The largest absolute Gasteiger partial charge is 0.484 e. The number of carbonyl (C=O) groups is 2. The summed E-state index contributed by atoms with van der Waals surface area (Å²) in [5, 5.41) is 10.9. The van der Waals surface area contributed by atoms with E-state index in [2.05, 4.69) is 5.32 Å². The summed E-state index contributed by atoms with van der Waals surface area (Å²) in [6.45, 7) is 0.108. The Morgan fingerprint density at radius 3 is 2.56 bits per heavy atom. The van der Waals surface area contributed by atoms with Crippen LogP contribution >= 0.6 is 0 Å². The second-order valence-corrected chi connectivity index (χ2v) is 3.59. The molecule has 0 spiro atoms. The number of nitrogens with one attached hydrogen (secondary N) is 1. The van der Waals surface area contributed by atoms with Crippen molar-refractivity contribution < 1.29 is 23.8 Å². The Morgan fingerprint density at radius 1 is 1.28 bits per heavy atom. The summed E-state index contributed by atoms with van der Waals surface area (Å²) in [6.07, 6.45) is 0.386. The summed E-state index contributed by atoms with van der Waals surface area (Å²) in [5.74, 6) is -1.21. The van der Waals surface area contributed by atoms with E-state index in [0.717, 1.165) is 0 Å². The maximum atomic E-state index is 12.6. The number of amides is 1. The van der Waals surface area contributed by atoms with Crippen LogP contribution in [0.15, 0.2) is 24.3 Å². The molecule has 0 fully saturated rings. The number of ether oxygens (including phenoxy) is 1. The summed E-state index contributed by atoms with van der Waals surface area (Å²) >= 11 is 0. The molecule has 0 saturated heterocycles.